The molecule has 0 heterocycles. The standard InChI is InChI=1S/C18H21Cl/c1-3-16-10-7-11-18(19)17(16)13-14(2)12-15-8-5-4-6-9-15/h4-11,14H,3,12-13H2,1-2H3. The Morgan fingerprint density at radius 3 is 2.37 bits per heavy atom. The monoisotopic (exact) mass is 272 g/mol. The Morgan fingerprint density at radius 1 is 0.947 bits per heavy atom. The van der Waals surface area contributed by atoms with Gasteiger partial charge < -0.3 is 0 Å². The second-order valence-electron chi connectivity index (χ2n) is 5.23. The number of hydrogen-bond acceptors (Lipinski definition) is 0. The summed E-state index contributed by atoms with van der Waals surface area (Å²) in [6, 6.07) is 16.9. The second-order valence-corrected chi connectivity index (χ2v) is 5.64. The fraction of sp³-hybridized carbons (Fsp3) is 0.333. The predicted octanol–water partition coefficient (Wildman–Crippen LogP) is 5.32. The average molecular weight is 273 g/mol. The number of halogens is 1. The largest absolute Gasteiger partial charge is 0.0840 e. The molecule has 0 spiro atoms. The molecule has 0 aromatic heterocycles. The van der Waals surface area contributed by atoms with Crippen molar-refractivity contribution in [3.63, 3.8) is 0 Å². The first-order valence-corrected chi connectivity index (χ1v) is 7.38. The summed E-state index contributed by atoms with van der Waals surface area (Å²) in [7, 11) is 0. The van der Waals surface area contributed by atoms with Crippen molar-refractivity contribution in [1.82, 2.24) is 0 Å². The van der Waals surface area contributed by atoms with E-state index >= 15 is 0 Å². The third-order valence-electron chi connectivity index (χ3n) is 3.58. The maximum Gasteiger partial charge on any atom is 0.0440 e. The first-order valence-electron chi connectivity index (χ1n) is 7.01. The van der Waals surface area contributed by atoms with E-state index in [2.05, 4.69) is 50.2 Å². The van der Waals surface area contributed by atoms with E-state index in [4.69, 9.17) is 11.6 Å². The molecule has 0 aliphatic rings. The van der Waals surface area contributed by atoms with Crippen molar-refractivity contribution >= 4 is 11.6 Å². The molecule has 0 N–H and O–H groups in total. The number of hydrogen-bond donors (Lipinski definition) is 0. The Hall–Kier alpha value is -1.27. The van der Waals surface area contributed by atoms with Crippen LogP contribution in [-0.4, -0.2) is 0 Å². The third kappa shape index (κ3) is 3.84. The normalized spacial score (nSPS) is 12.4. The van der Waals surface area contributed by atoms with Gasteiger partial charge in [0, 0.05) is 5.02 Å². The van der Waals surface area contributed by atoms with Gasteiger partial charge in [0.15, 0.2) is 0 Å². The van der Waals surface area contributed by atoms with Crippen LogP contribution in [0.3, 0.4) is 0 Å². The molecule has 2 aromatic carbocycles. The van der Waals surface area contributed by atoms with Gasteiger partial charge in [-0.15, -0.1) is 0 Å². The molecule has 0 fully saturated rings. The summed E-state index contributed by atoms with van der Waals surface area (Å²) >= 11 is 6.36. The molecule has 2 aromatic rings. The molecular formula is C18H21Cl. The van der Waals surface area contributed by atoms with Crippen molar-refractivity contribution in [3.05, 3.63) is 70.2 Å². The molecule has 2 rings (SSSR count). The number of rotatable bonds is 5. The zero-order valence-corrected chi connectivity index (χ0v) is 12.5. The smallest absolute Gasteiger partial charge is 0.0440 e. The molecule has 100 valence electrons. The van der Waals surface area contributed by atoms with Crippen LogP contribution in [0.25, 0.3) is 0 Å². The summed E-state index contributed by atoms with van der Waals surface area (Å²) in [6.07, 6.45) is 3.21. The predicted molar refractivity (Wildman–Crippen MR) is 83.8 cm³/mol. The van der Waals surface area contributed by atoms with Crippen molar-refractivity contribution < 1.29 is 0 Å². The molecule has 0 amide bonds. The lowest BCUT2D eigenvalue weighted by Crippen LogP contribution is -2.06. The second kappa shape index (κ2) is 6.77. The Morgan fingerprint density at radius 2 is 1.68 bits per heavy atom. The maximum atomic E-state index is 6.36. The van der Waals surface area contributed by atoms with Gasteiger partial charge in [-0.2, -0.15) is 0 Å². The fourth-order valence-corrected chi connectivity index (χ4v) is 2.87. The van der Waals surface area contributed by atoms with E-state index in [9.17, 15) is 0 Å². The van der Waals surface area contributed by atoms with Crippen molar-refractivity contribution in [3.8, 4) is 0 Å². The third-order valence-corrected chi connectivity index (χ3v) is 3.93. The van der Waals surface area contributed by atoms with Crippen LogP contribution < -0.4 is 0 Å². The summed E-state index contributed by atoms with van der Waals surface area (Å²) in [5.74, 6) is 0.604. The van der Waals surface area contributed by atoms with Gasteiger partial charge in [-0.25, -0.2) is 0 Å². The van der Waals surface area contributed by atoms with Crippen LogP contribution in [0.2, 0.25) is 5.02 Å². The van der Waals surface area contributed by atoms with Gasteiger partial charge in [-0.05, 0) is 47.9 Å². The van der Waals surface area contributed by atoms with Gasteiger partial charge in [0.1, 0.15) is 0 Å². The molecule has 1 atom stereocenters. The Bertz CT molecular complexity index is 516. The minimum atomic E-state index is 0.604. The van der Waals surface area contributed by atoms with E-state index in [1.165, 1.54) is 16.7 Å². The van der Waals surface area contributed by atoms with E-state index in [1.54, 1.807) is 0 Å². The minimum absolute atomic E-state index is 0.604. The summed E-state index contributed by atoms with van der Waals surface area (Å²) < 4.78 is 0. The van der Waals surface area contributed by atoms with Crippen LogP contribution in [0.4, 0.5) is 0 Å². The number of aryl methyl sites for hydroxylation is 1. The first-order chi connectivity index (χ1) is 9.20. The highest BCUT2D eigenvalue weighted by atomic mass is 35.5. The average Bonchev–Trinajstić information content (AvgIpc) is 2.42. The lowest BCUT2D eigenvalue weighted by atomic mass is 9.91. The fourth-order valence-electron chi connectivity index (χ4n) is 2.60. The van der Waals surface area contributed by atoms with E-state index < -0.39 is 0 Å². The number of benzene rings is 2. The van der Waals surface area contributed by atoms with Crippen molar-refractivity contribution in [2.45, 2.75) is 33.1 Å². The van der Waals surface area contributed by atoms with E-state index in [1.807, 2.05) is 12.1 Å². The Kier molecular flexibility index (Phi) is 5.04. The SMILES string of the molecule is CCc1cccc(Cl)c1CC(C)Cc1ccccc1. The lowest BCUT2D eigenvalue weighted by molar-refractivity contribution is 0.575. The maximum absolute atomic E-state index is 6.36. The van der Waals surface area contributed by atoms with Crippen LogP contribution in [0.1, 0.15) is 30.5 Å². The Labute approximate surface area is 121 Å². The van der Waals surface area contributed by atoms with Crippen LogP contribution in [-0.2, 0) is 19.3 Å². The summed E-state index contributed by atoms with van der Waals surface area (Å²) in [6.45, 7) is 4.49. The summed E-state index contributed by atoms with van der Waals surface area (Å²) in [4.78, 5) is 0. The highest BCUT2D eigenvalue weighted by molar-refractivity contribution is 6.31. The van der Waals surface area contributed by atoms with Crippen LogP contribution in [0.15, 0.2) is 48.5 Å². The molecule has 0 aliphatic carbocycles. The molecule has 0 nitrogen and oxygen atoms in total. The van der Waals surface area contributed by atoms with Gasteiger partial charge in [-0.1, -0.05) is 67.9 Å². The zero-order valence-electron chi connectivity index (χ0n) is 11.7. The highest BCUT2D eigenvalue weighted by Gasteiger charge is 2.11. The first kappa shape index (κ1) is 14.1. The Balaban J connectivity index is 2.09. The van der Waals surface area contributed by atoms with Gasteiger partial charge in [-0.3, -0.25) is 0 Å². The van der Waals surface area contributed by atoms with E-state index in [0.717, 1.165) is 24.3 Å². The zero-order chi connectivity index (χ0) is 13.7. The highest BCUT2D eigenvalue weighted by Crippen LogP contribution is 2.25. The quantitative estimate of drug-likeness (QED) is 0.691. The molecule has 1 unspecified atom stereocenters. The van der Waals surface area contributed by atoms with E-state index in [0.29, 0.717) is 5.92 Å². The van der Waals surface area contributed by atoms with Crippen LogP contribution >= 0.6 is 11.6 Å². The van der Waals surface area contributed by atoms with Crippen molar-refractivity contribution in [1.29, 1.82) is 0 Å². The molecule has 19 heavy (non-hydrogen) atoms. The van der Waals surface area contributed by atoms with Crippen LogP contribution in [0.5, 0.6) is 0 Å². The molecule has 0 saturated heterocycles. The lowest BCUT2D eigenvalue weighted by Gasteiger charge is -2.15. The van der Waals surface area contributed by atoms with Gasteiger partial charge in [0.25, 0.3) is 0 Å². The molecule has 0 bridgehead atoms. The molecule has 0 saturated carbocycles. The molecule has 1 heteroatoms. The topological polar surface area (TPSA) is 0 Å². The molecule has 0 aliphatic heterocycles. The van der Waals surface area contributed by atoms with Crippen LogP contribution in [0, 0.1) is 5.92 Å². The molecule has 0 radical (unpaired) electrons. The van der Waals surface area contributed by atoms with Crippen molar-refractivity contribution in [2.24, 2.45) is 5.92 Å². The summed E-state index contributed by atoms with van der Waals surface area (Å²) in [5.41, 5.74) is 4.11. The van der Waals surface area contributed by atoms with Gasteiger partial charge >= 0.3 is 0 Å². The van der Waals surface area contributed by atoms with E-state index in [-0.39, 0.29) is 0 Å². The summed E-state index contributed by atoms with van der Waals surface area (Å²) in [5, 5.41) is 0.916. The van der Waals surface area contributed by atoms with Gasteiger partial charge in [0.05, 0.1) is 0 Å². The van der Waals surface area contributed by atoms with Crippen molar-refractivity contribution in [2.75, 3.05) is 0 Å². The minimum Gasteiger partial charge on any atom is -0.0840 e. The van der Waals surface area contributed by atoms with Gasteiger partial charge in [0.2, 0.25) is 0 Å². The molecular weight excluding hydrogens is 252 g/mol.